The zero-order valence-corrected chi connectivity index (χ0v) is 16.5. The van der Waals surface area contributed by atoms with Gasteiger partial charge in [0.1, 0.15) is 12.1 Å². The second kappa shape index (κ2) is 8.92. The van der Waals surface area contributed by atoms with Gasteiger partial charge in [-0.15, -0.1) is 10.2 Å². The number of rotatable bonds is 7. The second-order valence-electron chi connectivity index (χ2n) is 5.78. The number of hydrogen-bond acceptors (Lipinski definition) is 5. The van der Waals surface area contributed by atoms with Crippen molar-refractivity contribution in [3.8, 4) is 11.4 Å². The molecular formula is C19H19ClN4O2S. The number of amides is 1. The molecule has 0 fully saturated rings. The first-order valence-electron chi connectivity index (χ1n) is 8.29. The van der Waals surface area contributed by atoms with E-state index in [4.69, 9.17) is 16.3 Å². The molecule has 3 rings (SSSR count). The standard InChI is InChI=1S/C19H19ClN4O2S/c1-13(16-8-3-4-9-17(16)20)22-18(25)11-27-19-23-21-12-24(19)14-6-5-7-15(10-14)26-2/h3-10,12-13H,11H2,1-2H3,(H,22,25)/t13-/m1/s1. The summed E-state index contributed by atoms with van der Waals surface area (Å²) in [6.45, 7) is 1.91. The first-order chi connectivity index (χ1) is 13.1. The molecule has 6 nitrogen and oxygen atoms in total. The Morgan fingerprint density at radius 2 is 2.11 bits per heavy atom. The van der Waals surface area contributed by atoms with Crippen LogP contribution in [0.25, 0.3) is 5.69 Å². The van der Waals surface area contributed by atoms with Crippen LogP contribution in [-0.4, -0.2) is 33.5 Å². The van der Waals surface area contributed by atoms with Gasteiger partial charge in [-0.25, -0.2) is 0 Å². The molecule has 0 saturated carbocycles. The third-order valence-corrected chi connectivity index (χ3v) is 5.22. The molecule has 0 aliphatic carbocycles. The lowest BCUT2D eigenvalue weighted by molar-refractivity contribution is -0.119. The molecule has 0 radical (unpaired) electrons. The Labute approximate surface area is 166 Å². The molecule has 0 unspecified atom stereocenters. The lowest BCUT2D eigenvalue weighted by Gasteiger charge is -2.15. The van der Waals surface area contributed by atoms with E-state index in [0.29, 0.717) is 10.2 Å². The molecule has 8 heteroatoms. The summed E-state index contributed by atoms with van der Waals surface area (Å²) >= 11 is 7.50. The molecule has 1 N–H and O–H groups in total. The number of thioether (sulfide) groups is 1. The predicted molar refractivity (Wildman–Crippen MR) is 107 cm³/mol. The number of ether oxygens (including phenoxy) is 1. The van der Waals surface area contributed by atoms with Gasteiger partial charge in [0, 0.05) is 11.1 Å². The van der Waals surface area contributed by atoms with Gasteiger partial charge in [-0.05, 0) is 30.7 Å². The largest absolute Gasteiger partial charge is 0.497 e. The molecule has 3 aromatic rings. The molecule has 1 amide bonds. The summed E-state index contributed by atoms with van der Waals surface area (Å²) in [7, 11) is 1.62. The van der Waals surface area contributed by atoms with Crippen molar-refractivity contribution in [2.75, 3.05) is 12.9 Å². The number of carbonyl (C=O) groups is 1. The summed E-state index contributed by atoms with van der Waals surface area (Å²) in [6, 6.07) is 14.9. The fraction of sp³-hybridized carbons (Fsp3) is 0.211. The Kier molecular flexibility index (Phi) is 6.36. The minimum atomic E-state index is -0.178. The highest BCUT2D eigenvalue weighted by atomic mass is 35.5. The average molecular weight is 403 g/mol. The van der Waals surface area contributed by atoms with Gasteiger partial charge < -0.3 is 10.1 Å². The highest BCUT2D eigenvalue weighted by Crippen LogP contribution is 2.24. The summed E-state index contributed by atoms with van der Waals surface area (Å²) in [5.74, 6) is 0.855. The van der Waals surface area contributed by atoms with Crippen LogP contribution in [0.3, 0.4) is 0 Å². The van der Waals surface area contributed by atoms with Crippen LogP contribution in [-0.2, 0) is 4.79 Å². The van der Waals surface area contributed by atoms with Crippen LogP contribution in [0.1, 0.15) is 18.5 Å². The molecule has 27 heavy (non-hydrogen) atoms. The van der Waals surface area contributed by atoms with E-state index in [1.807, 2.05) is 60.0 Å². The maximum Gasteiger partial charge on any atom is 0.230 e. The fourth-order valence-electron chi connectivity index (χ4n) is 2.58. The molecular weight excluding hydrogens is 384 g/mol. The summed E-state index contributed by atoms with van der Waals surface area (Å²) in [5.41, 5.74) is 1.75. The van der Waals surface area contributed by atoms with Crippen molar-refractivity contribution >= 4 is 29.3 Å². The zero-order valence-electron chi connectivity index (χ0n) is 14.9. The molecule has 1 atom stereocenters. The topological polar surface area (TPSA) is 69.0 Å². The highest BCUT2D eigenvalue weighted by Gasteiger charge is 2.14. The van der Waals surface area contributed by atoms with E-state index in [0.717, 1.165) is 17.0 Å². The first-order valence-corrected chi connectivity index (χ1v) is 9.66. The van der Waals surface area contributed by atoms with Gasteiger partial charge in [-0.2, -0.15) is 0 Å². The van der Waals surface area contributed by atoms with E-state index in [1.54, 1.807) is 13.4 Å². The van der Waals surface area contributed by atoms with Crippen molar-refractivity contribution in [3.63, 3.8) is 0 Å². The molecule has 0 aliphatic heterocycles. The maximum atomic E-state index is 12.3. The van der Waals surface area contributed by atoms with Crippen molar-refractivity contribution in [1.29, 1.82) is 0 Å². The van der Waals surface area contributed by atoms with Crippen LogP contribution in [0.4, 0.5) is 0 Å². The van der Waals surface area contributed by atoms with Gasteiger partial charge in [0.2, 0.25) is 5.91 Å². The van der Waals surface area contributed by atoms with Crippen molar-refractivity contribution in [1.82, 2.24) is 20.1 Å². The van der Waals surface area contributed by atoms with Gasteiger partial charge in [-0.3, -0.25) is 9.36 Å². The summed E-state index contributed by atoms with van der Waals surface area (Å²) in [6.07, 6.45) is 1.61. The van der Waals surface area contributed by atoms with Crippen LogP contribution in [0.5, 0.6) is 5.75 Å². The summed E-state index contributed by atoms with van der Waals surface area (Å²) < 4.78 is 7.07. The summed E-state index contributed by atoms with van der Waals surface area (Å²) in [4.78, 5) is 12.3. The monoisotopic (exact) mass is 402 g/mol. The smallest absolute Gasteiger partial charge is 0.230 e. The normalized spacial score (nSPS) is 11.8. The van der Waals surface area contributed by atoms with Crippen molar-refractivity contribution in [3.05, 3.63) is 65.4 Å². The van der Waals surface area contributed by atoms with Gasteiger partial charge in [0.05, 0.1) is 24.6 Å². The first kappa shape index (κ1) is 19.3. The van der Waals surface area contributed by atoms with Crippen molar-refractivity contribution < 1.29 is 9.53 Å². The molecule has 0 saturated heterocycles. The number of nitrogens with zero attached hydrogens (tertiary/aromatic N) is 3. The number of aromatic nitrogens is 3. The van der Waals surface area contributed by atoms with Crippen molar-refractivity contribution in [2.45, 2.75) is 18.1 Å². The average Bonchev–Trinajstić information content (AvgIpc) is 3.15. The van der Waals surface area contributed by atoms with E-state index < -0.39 is 0 Å². The molecule has 2 aromatic carbocycles. The zero-order chi connectivity index (χ0) is 19.2. The highest BCUT2D eigenvalue weighted by molar-refractivity contribution is 7.99. The molecule has 1 heterocycles. The minimum Gasteiger partial charge on any atom is -0.497 e. The number of nitrogens with one attached hydrogen (secondary N) is 1. The van der Waals surface area contributed by atoms with Gasteiger partial charge in [0.25, 0.3) is 0 Å². The lowest BCUT2D eigenvalue weighted by Crippen LogP contribution is -2.28. The Morgan fingerprint density at radius 1 is 1.30 bits per heavy atom. The molecule has 0 bridgehead atoms. The fourth-order valence-corrected chi connectivity index (χ4v) is 3.62. The molecule has 1 aromatic heterocycles. The Bertz CT molecular complexity index is 931. The SMILES string of the molecule is COc1cccc(-n2cnnc2SCC(=O)N[C@H](C)c2ccccc2Cl)c1. The Balaban J connectivity index is 1.63. The van der Waals surface area contributed by atoms with Crippen LogP contribution in [0, 0.1) is 0 Å². The van der Waals surface area contributed by atoms with Gasteiger partial charge in [0.15, 0.2) is 5.16 Å². The van der Waals surface area contributed by atoms with E-state index in [-0.39, 0.29) is 17.7 Å². The lowest BCUT2D eigenvalue weighted by atomic mass is 10.1. The van der Waals surface area contributed by atoms with Crippen LogP contribution < -0.4 is 10.1 Å². The third kappa shape index (κ3) is 4.81. The number of carbonyl (C=O) groups excluding carboxylic acids is 1. The Hall–Kier alpha value is -2.51. The molecule has 140 valence electrons. The van der Waals surface area contributed by atoms with E-state index in [1.165, 1.54) is 11.8 Å². The quantitative estimate of drug-likeness (QED) is 0.607. The number of hydrogen-bond donors (Lipinski definition) is 1. The molecule has 0 spiro atoms. The summed E-state index contributed by atoms with van der Waals surface area (Å²) in [5, 5.41) is 12.3. The van der Waals surface area contributed by atoms with Crippen LogP contribution in [0.2, 0.25) is 5.02 Å². The maximum absolute atomic E-state index is 12.3. The van der Waals surface area contributed by atoms with E-state index in [9.17, 15) is 4.79 Å². The minimum absolute atomic E-state index is 0.104. The van der Waals surface area contributed by atoms with Crippen LogP contribution >= 0.6 is 23.4 Å². The number of methoxy groups -OCH3 is 1. The predicted octanol–water partition coefficient (Wildman–Crippen LogP) is 3.90. The van der Waals surface area contributed by atoms with E-state index >= 15 is 0 Å². The van der Waals surface area contributed by atoms with Crippen LogP contribution in [0.15, 0.2) is 60.0 Å². The Morgan fingerprint density at radius 3 is 2.89 bits per heavy atom. The number of halogens is 1. The third-order valence-electron chi connectivity index (χ3n) is 3.93. The van der Waals surface area contributed by atoms with Gasteiger partial charge >= 0.3 is 0 Å². The van der Waals surface area contributed by atoms with Gasteiger partial charge in [-0.1, -0.05) is 47.6 Å². The second-order valence-corrected chi connectivity index (χ2v) is 7.13. The van der Waals surface area contributed by atoms with E-state index in [2.05, 4.69) is 15.5 Å². The van der Waals surface area contributed by atoms with Crippen molar-refractivity contribution in [2.24, 2.45) is 0 Å². The number of benzene rings is 2. The molecule has 0 aliphatic rings.